The van der Waals surface area contributed by atoms with E-state index in [9.17, 15) is 8.42 Å². The van der Waals surface area contributed by atoms with Crippen molar-refractivity contribution >= 4 is 10.0 Å². The summed E-state index contributed by atoms with van der Waals surface area (Å²) in [6.45, 7) is 3.75. The van der Waals surface area contributed by atoms with E-state index in [0.717, 1.165) is 25.0 Å². The summed E-state index contributed by atoms with van der Waals surface area (Å²) < 4.78 is 28.6. The number of rotatable bonds is 4. The first-order chi connectivity index (χ1) is 8.98. The lowest BCUT2D eigenvalue weighted by Gasteiger charge is -2.31. The Balaban J connectivity index is 2.25. The van der Waals surface area contributed by atoms with Crippen LogP contribution in [0.2, 0.25) is 0 Å². The highest BCUT2D eigenvalue weighted by atomic mass is 32.2. The SMILES string of the molecule is CCC1CCCN(S(=O)(=O)c2cc(CN)n(C)c2)C1. The van der Waals surface area contributed by atoms with Gasteiger partial charge < -0.3 is 10.3 Å². The first kappa shape index (κ1) is 14.6. The maximum absolute atomic E-state index is 12.6. The number of aromatic nitrogens is 1. The summed E-state index contributed by atoms with van der Waals surface area (Å²) in [5.74, 6) is 0.487. The molecule has 1 atom stereocenters. The predicted octanol–water partition coefficient (Wildman–Crippen LogP) is 1.29. The largest absolute Gasteiger partial charge is 0.352 e. The van der Waals surface area contributed by atoms with Crippen LogP contribution < -0.4 is 5.73 Å². The molecular weight excluding hydrogens is 262 g/mol. The number of nitrogens with two attached hydrogens (primary N) is 1. The molecule has 2 rings (SSSR count). The Morgan fingerprint density at radius 2 is 2.21 bits per heavy atom. The fourth-order valence-electron chi connectivity index (χ4n) is 2.65. The Morgan fingerprint density at radius 1 is 1.47 bits per heavy atom. The summed E-state index contributed by atoms with van der Waals surface area (Å²) in [5.41, 5.74) is 6.44. The van der Waals surface area contributed by atoms with Crippen molar-refractivity contribution < 1.29 is 8.42 Å². The van der Waals surface area contributed by atoms with E-state index >= 15 is 0 Å². The van der Waals surface area contributed by atoms with Crippen LogP contribution in [0.4, 0.5) is 0 Å². The third-order valence-electron chi connectivity index (χ3n) is 3.99. The topological polar surface area (TPSA) is 68.3 Å². The number of piperidine rings is 1. The zero-order valence-corrected chi connectivity index (χ0v) is 12.5. The quantitative estimate of drug-likeness (QED) is 0.906. The van der Waals surface area contributed by atoms with Crippen molar-refractivity contribution in [2.75, 3.05) is 13.1 Å². The number of sulfonamides is 1. The number of nitrogens with zero attached hydrogens (tertiary/aromatic N) is 2. The van der Waals surface area contributed by atoms with E-state index in [0.29, 0.717) is 30.4 Å². The summed E-state index contributed by atoms with van der Waals surface area (Å²) in [7, 11) is -1.53. The molecule has 2 heterocycles. The summed E-state index contributed by atoms with van der Waals surface area (Å²) in [6.07, 6.45) is 4.78. The molecule has 6 heteroatoms. The Bertz CT molecular complexity index is 536. The highest BCUT2D eigenvalue weighted by Gasteiger charge is 2.30. The van der Waals surface area contributed by atoms with Gasteiger partial charge in [-0.15, -0.1) is 0 Å². The third kappa shape index (κ3) is 2.85. The second-order valence-electron chi connectivity index (χ2n) is 5.26. The molecule has 1 aliphatic rings. The van der Waals surface area contributed by atoms with Gasteiger partial charge in [-0.25, -0.2) is 8.42 Å². The average molecular weight is 285 g/mol. The van der Waals surface area contributed by atoms with E-state index in [1.165, 1.54) is 0 Å². The Hall–Kier alpha value is -0.850. The van der Waals surface area contributed by atoms with Gasteiger partial charge in [-0.1, -0.05) is 13.3 Å². The molecule has 0 saturated carbocycles. The van der Waals surface area contributed by atoms with E-state index in [1.807, 2.05) is 7.05 Å². The maximum atomic E-state index is 12.6. The Labute approximate surface area is 115 Å². The van der Waals surface area contributed by atoms with E-state index in [1.54, 1.807) is 21.1 Å². The highest BCUT2D eigenvalue weighted by molar-refractivity contribution is 7.89. The van der Waals surface area contributed by atoms with Crippen molar-refractivity contribution in [3.63, 3.8) is 0 Å². The fourth-order valence-corrected chi connectivity index (χ4v) is 4.30. The molecule has 1 aromatic heterocycles. The Kier molecular flexibility index (Phi) is 4.32. The van der Waals surface area contributed by atoms with Crippen molar-refractivity contribution in [3.8, 4) is 0 Å². The molecule has 0 spiro atoms. The van der Waals surface area contributed by atoms with E-state index in [-0.39, 0.29) is 0 Å². The Morgan fingerprint density at radius 3 is 2.79 bits per heavy atom. The zero-order valence-electron chi connectivity index (χ0n) is 11.7. The summed E-state index contributed by atoms with van der Waals surface area (Å²) in [6, 6.07) is 1.69. The normalized spacial score (nSPS) is 21.7. The van der Waals surface area contributed by atoms with E-state index in [4.69, 9.17) is 5.73 Å². The third-order valence-corrected chi connectivity index (χ3v) is 5.82. The van der Waals surface area contributed by atoms with Crippen LogP contribution in [0.5, 0.6) is 0 Å². The molecule has 1 aliphatic heterocycles. The van der Waals surface area contributed by atoms with Gasteiger partial charge in [0.15, 0.2) is 0 Å². The number of hydrogen-bond donors (Lipinski definition) is 1. The lowest BCUT2D eigenvalue weighted by atomic mass is 9.97. The van der Waals surface area contributed by atoms with Gasteiger partial charge in [0.2, 0.25) is 10.0 Å². The van der Waals surface area contributed by atoms with Crippen LogP contribution in [0.15, 0.2) is 17.2 Å². The molecule has 2 N–H and O–H groups in total. The number of aryl methyl sites for hydroxylation is 1. The van der Waals surface area contributed by atoms with Gasteiger partial charge >= 0.3 is 0 Å². The number of hydrogen-bond acceptors (Lipinski definition) is 3. The predicted molar refractivity (Wildman–Crippen MR) is 75.1 cm³/mol. The smallest absolute Gasteiger partial charge is 0.244 e. The minimum Gasteiger partial charge on any atom is -0.352 e. The van der Waals surface area contributed by atoms with Gasteiger partial charge in [0.1, 0.15) is 4.90 Å². The molecule has 1 fully saturated rings. The molecule has 1 saturated heterocycles. The van der Waals surface area contributed by atoms with Crippen molar-refractivity contribution in [3.05, 3.63) is 18.0 Å². The molecule has 108 valence electrons. The molecule has 0 bridgehead atoms. The lowest BCUT2D eigenvalue weighted by Crippen LogP contribution is -2.39. The molecular formula is C13H23N3O2S. The fraction of sp³-hybridized carbons (Fsp3) is 0.692. The van der Waals surface area contributed by atoms with Crippen LogP contribution in [0.3, 0.4) is 0 Å². The zero-order chi connectivity index (χ0) is 14.0. The minimum atomic E-state index is -3.36. The lowest BCUT2D eigenvalue weighted by molar-refractivity contribution is 0.261. The van der Waals surface area contributed by atoms with Crippen molar-refractivity contribution in [1.82, 2.24) is 8.87 Å². The molecule has 0 radical (unpaired) electrons. The summed E-state index contributed by atoms with van der Waals surface area (Å²) in [4.78, 5) is 0.368. The van der Waals surface area contributed by atoms with Crippen LogP contribution in [0.25, 0.3) is 0 Å². The van der Waals surface area contributed by atoms with E-state index in [2.05, 4.69) is 6.92 Å². The first-order valence-corrected chi connectivity index (χ1v) is 8.28. The summed E-state index contributed by atoms with van der Waals surface area (Å²) >= 11 is 0. The van der Waals surface area contributed by atoms with Gasteiger partial charge in [-0.2, -0.15) is 4.31 Å². The first-order valence-electron chi connectivity index (χ1n) is 6.84. The molecule has 0 aliphatic carbocycles. The van der Waals surface area contributed by atoms with Gasteiger partial charge in [0.25, 0.3) is 0 Å². The molecule has 1 unspecified atom stereocenters. The summed E-state index contributed by atoms with van der Waals surface area (Å²) in [5, 5.41) is 0. The molecule has 0 amide bonds. The highest BCUT2D eigenvalue weighted by Crippen LogP contribution is 2.26. The second kappa shape index (κ2) is 5.64. The van der Waals surface area contributed by atoms with Crippen molar-refractivity contribution in [2.45, 2.75) is 37.6 Å². The van der Waals surface area contributed by atoms with Crippen LogP contribution >= 0.6 is 0 Å². The molecule has 1 aromatic rings. The maximum Gasteiger partial charge on any atom is 0.244 e. The average Bonchev–Trinajstić information content (AvgIpc) is 2.80. The van der Waals surface area contributed by atoms with Gasteiger partial charge in [0, 0.05) is 38.6 Å². The monoisotopic (exact) mass is 285 g/mol. The molecule has 0 aromatic carbocycles. The van der Waals surface area contributed by atoms with Gasteiger partial charge in [0.05, 0.1) is 0 Å². The van der Waals surface area contributed by atoms with Crippen molar-refractivity contribution in [1.29, 1.82) is 0 Å². The van der Waals surface area contributed by atoms with Gasteiger partial charge in [-0.3, -0.25) is 0 Å². The van der Waals surface area contributed by atoms with Crippen LogP contribution in [0, 0.1) is 5.92 Å². The van der Waals surface area contributed by atoms with Crippen LogP contribution in [-0.4, -0.2) is 30.4 Å². The van der Waals surface area contributed by atoms with Crippen LogP contribution in [0.1, 0.15) is 31.9 Å². The second-order valence-corrected chi connectivity index (χ2v) is 7.20. The van der Waals surface area contributed by atoms with E-state index < -0.39 is 10.0 Å². The van der Waals surface area contributed by atoms with Gasteiger partial charge in [-0.05, 0) is 24.8 Å². The minimum absolute atomic E-state index is 0.351. The van der Waals surface area contributed by atoms with Crippen LogP contribution in [-0.2, 0) is 23.6 Å². The molecule has 5 nitrogen and oxygen atoms in total. The standard InChI is InChI=1S/C13H23N3O2S/c1-3-11-5-4-6-16(9-11)19(17,18)13-7-12(8-14)15(2)10-13/h7,10-11H,3-6,8-9,14H2,1-2H3. The van der Waals surface area contributed by atoms with Crippen molar-refractivity contribution in [2.24, 2.45) is 18.7 Å². The molecule has 19 heavy (non-hydrogen) atoms.